The van der Waals surface area contributed by atoms with E-state index in [0.29, 0.717) is 16.9 Å². The van der Waals surface area contributed by atoms with Crippen LogP contribution in [0.1, 0.15) is 35.6 Å². The molecule has 3 rings (SSSR count). The van der Waals surface area contributed by atoms with Crippen molar-refractivity contribution in [3.05, 3.63) is 69.1 Å². The maximum atomic E-state index is 12.3. The summed E-state index contributed by atoms with van der Waals surface area (Å²) in [5.74, 6) is 0.291. The van der Waals surface area contributed by atoms with Gasteiger partial charge in [-0.1, -0.05) is 31.5 Å². The highest BCUT2D eigenvalue weighted by Gasteiger charge is 2.13. The number of aryl methyl sites for hydroxylation is 4. The quantitative estimate of drug-likeness (QED) is 0.631. The first-order valence-electron chi connectivity index (χ1n) is 9.46. The van der Waals surface area contributed by atoms with Gasteiger partial charge in [0, 0.05) is 22.7 Å². The molecule has 1 heterocycles. The van der Waals surface area contributed by atoms with Gasteiger partial charge in [-0.2, -0.15) is 0 Å². The average molecular weight is 379 g/mol. The Labute approximate surface area is 164 Å². The third-order valence-corrected chi connectivity index (χ3v) is 4.82. The molecular weight excluding hydrogens is 354 g/mol. The first-order valence-corrected chi connectivity index (χ1v) is 9.46. The van der Waals surface area contributed by atoms with Crippen LogP contribution in [0.2, 0.25) is 0 Å². The van der Waals surface area contributed by atoms with Crippen LogP contribution >= 0.6 is 0 Å². The molecule has 0 aliphatic carbocycles. The lowest BCUT2D eigenvalue weighted by molar-refractivity contribution is -0.118. The van der Waals surface area contributed by atoms with E-state index in [2.05, 4.69) is 12.2 Å². The van der Waals surface area contributed by atoms with E-state index in [-0.39, 0.29) is 18.1 Å². The summed E-state index contributed by atoms with van der Waals surface area (Å²) in [6, 6.07) is 11.1. The second-order valence-corrected chi connectivity index (χ2v) is 7.01. The van der Waals surface area contributed by atoms with Gasteiger partial charge in [0.05, 0.1) is 0 Å². The van der Waals surface area contributed by atoms with Gasteiger partial charge < -0.3 is 14.5 Å². The molecule has 146 valence electrons. The minimum absolute atomic E-state index is 0.126. The molecule has 0 saturated carbocycles. The Balaban J connectivity index is 1.80. The van der Waals surface area contributed by atoms with Crippen LogP contribution in [0, 0.1) is 20.8 Å². The minimum atomic E-state index is -0.371. The molecule has 0 bridgehead atoms. The van der Waals surface area contributed by atoms with E-state index in [1.165, 1.54) is 0 Å². The molecular formula is C23H25NO4. The first kappa shape index (κ1) is 19.7. The molecule has 2 aromatic carbocycles. The molecule has 1 aromatic heterocycles. The minimum Gasteiger partial charge on any atom is -0.483 e. The highest BCUT2D eigenvalue weighted by molar-refractivity contribution is 5.93. The van der Waals surface area contributed by atoms with Crippen LogP contribution in [0.25, 0.3) is 11.0 Å². The van der Waals surface area contributed by atoms with Crippen molar-refractivity contribution in [2.75, 3.05) is 11.9 Å². The molecule has 3 aromatic rings. The summed E-state index contributed by atoms with van der Waals surface area (Å²) in [5.41, 5.74) is 4.64. The lowest BCUT2D eigenvalue weighted by Gasteiger charge is -2.14. The van der Waals surface area contributed by atoms with Crippen LogP contribution < -0.4 is 15.7 Å². The summed E-state index contributed by atoms with van der Waals surface area (Å²) in [7, 11) is 0. The van der Waals surface area contributed by atoms with Gasteiger partial charge in [-0.15, -0.1) is 0 Å². The van der Waals surface area contributed by atoms with Crippen LogP contribution in [0.3, 0.4) is 0 Å². The fourth-order valence-electron chi connectivity index (χ4n) is 3.37. The van der Waals surface area contributed by atoms with Crippen LogP contribution in [0.15, 0.2) is 45.6 Å². The van der Waals surface area contributed by atoms with E-state index >= 15 is 0 Å². The van der Waals surface area contributed by atoms with Crippen molar-refractivity contribution >= 4 is 22.6 Å². The SMILES string of the molecule is CCCc1cc(=O)oc2c(C)c(OCC(=O)Nc3c(C)cccc3C)ccc12. The summed E-state index contributed by atoms with van der Waals surface area (Å²) in [6.45, 7) is 7.68. The summed E-state index contributed by atoms with van der Waals surface area (Å²) >= 11 is 0. The average Bonchev–Trinajstić information content (AvgIpc) is 2.65. The molecule has 0 aliphatic rings. The summed E-state index contributed by atoms with van der Waals surface area (Å²) in [6.07, 6.45) is 1.74. The number of anilines is 1. The number of amides is 1. The molecule has 0 radical (unpaired) electrons. The number of para-hydroxylation sites is 1. The summed E-state index contributed by atoms with van der Waals surface area (Å²) in [4.78, 5) is 24.3. The van der Waals surface area contributed by atoms with Crippen LogP contribution in [0.5, 0.6) is 5.75 Å². The van der Waals surface area contributed by atoms with E-state index in [4.69, 9.17) is 9.15 Å². The number of benzene rings is 2. The topological polar surface area (TPSA) is 68.5 Å². The predicted molar refractivity (Wildman–Crippen MR) is 111 cm³/mol. The predicted octanol–water partition coefficient (Wildman–Crippen LogP) is 4.69. The van der Waals surface area contributed by atoms with Gasteiger partial charge in [0.25, 0.3) is 5.91 Å². The second kappa shape index (κ2) is 8.30. The van der Waals surface area contributed by atoms with Gasteiger partial charge in [0.15, 0.2) is 6.61 Å². The smallest absolute Gasteiger partial charge is 0.336 e. The molecule has 0 atom stereocenters. The zero-order valence-corrected chi connectivity index (χ0v) is 16.7. The van der Waals surface area contributed by atoms with Gasteiger partial charge in [-0.3, -0.25) is 4.79 Å². The monoisotopic (exact) mass is 379 g/mol. The number of hydrogen-bond acceptors (Lipinski definition) is 4. The van der Waals surface area contributed by atoms with Crippen molar-refractivity contribution in [1.29, 1.82) is 0 Å². The largest absolute Gasteiger partial charge is 0.483 e. The Bertz CT molecular complexity index is 1060. The van der Waals surface area contributed by atoms with E-state index in [1.54, 1.807) is 6.07 Å². The molecule has 0 spiro atoms. The maximum absolute atomic E-state index is 12.3. The third kappa shape index (κ3) is 4.09. The number of rotatable bonds is 6. The zero-order valence-electron chi connectivity index (χ0n) is 16.7. The number of fused-ring (bicyclic) bond motifs is 1. The Morgan fingerprint density at radius 1 is 1.11 bits per heavy atom. The standard InChI is InChI=1S/C23H25NO4/c1-5-7-17-12-21(26)28-23-16(4)19(11-10-18(17)23)27-13-20(25)24-22-14(2)8-6-9-15(22)3/h6,8-12H,5,7,13H2,1-4H3,(H,24,25). The number of nitrogens with one attached hydrogen (secondary N) is 1. The highest BCUT2D eigenvalue weighted by Crippen LogP contribution is 2.29. The fourth-order valence-corrected chi connectivity index (χ4v) is 3.37. The number of hydrogen-bond donors (Lipinski definition) is 1. The molecule has 0 aliphatic heterocycles. The van der Waals surface area contributed by atoms with Crippen LogP contribution in [0.4, 0.5) is 5.69 Å². The van der Waals surface area contributed by atoms with Crippen LogP contribution in [-0.2, 0) is 11.2 Å². The van der Waals surface area contributed by atoms with Crippen molar-refractivity contribution in [3.8, 4) is 5.75 Å². The number of carbonyl (C=O) groups is 1. The van der Waals surface area contributed by atoms with E-state index in [1.807, 2.05) is 51.1 Å². The van der Waals surface area contributed by atoms with Crippen molar-refractivity contribution in [1.82, 2.24) is 0 Å². The van der Waals surface area contributed by atoms with Crippen LogP contribution in [-0.4, -0.2) is 12.5 Å². The van der Waals surface area contributed by atoms with Gasteiger partial charge >= 0.3 is 5.63 Å². The second-order valence-electron chi connectivity index (χ2n) is 7.01. The fraction of sp³-hybridized carbons (Fsp3) is 0.304. The van der Waals surface area contributed by atoms with Crippen molar-refractivity contribution < 1.29 is 13.9 Å². The van der Waals surface area contributed by atoms with E-state index in [9.17, 15) is 9.59 Å². The Morgan fingerprint density at radius 2 is 1.82 bits per heavy atom. The lowest BCUT2D eigenvalue weighted by Crippen LogP contribution is -2.21. The molecule has 28 heavy (non-hydrogen) atoms. The number of ether oxygens (including phenoxy) is 1. The lowest BCUT2D eigenvalue weighted by atomic mass is 10.0. The Hall–Kier alpha value is -3.08. The first-order chi connectivity index (χ1) is 13.4. The van der Waals surface area contributed by atoms with Crippen molar-refractivity contribution in [3.63, 3.8) is 0 Å². The van der Waals surface area contributed by atoms with Crippen molar-refractivity contribution in [2.45, 2.75) is 40.5 Å². The normalized spacial score (nSPS) is 10.9. The van der Waals surface area contributed by atoms with E-state index < -0.39 is 0 Å². The zero-order chi connectivity index (χ0) is 20.3. The Morgan fingerprint density at radius 3 is 2.50 bits per heavy atom. The van der Waals surface area contributed by atoms with Gasteiger partial charge in [-0.25, -0.2) is 4.79 Å². The highest BCUT2D eigenvalue weighted by atomic mass is 16.5. The van der Waals surface area contributed by atoms with Gasteiger partial charge in [0.2, 0.25) is 0 Å². The van der Waals surface area contributed by atoms with E-state index in [0.717, 1.165) is 40.6 Å². The molecule has 0 unspecified atom stereocenters. The molecule has 5 heteroatoms. The summed E-state index contributed by atoms with van der Waals surface area (Å²) < 4.78 is 11.1. The van der Waals surface area contributed by atoms with Gasteiger partial charge in [0.1, 0.15) is 11.3 Å². The molecule has 1 N–H and O–H groups in total. The molecule has 0 fully saturated rings. The number of carbonyl (C=O) groups excluding carboxylic acids is 1. The maximum Gasteiger partial charge on any atom is 0.336 e. The molecule has 1 amide bonds. The van der Waals surface area contributed by atoms with Crippen molar-refractivity contribution in [2.24, 2.45) is 0 Å². The third-order valence-electron chi connectivity index (χ3n) is 4.82. The van der Waals surface area contributed by atoms with Gasteiger partial charge in [-0.05, 0) is 56.0 Å². The Kier molecular flexibility index (Phi) is 5.83. The summed E-state index contributed by atoms with van der Waals surface area (Å²) in [5, 5.41) is 3.81. The molecule has 0 saturated heterocycles. The molecule has 5 nitrogen and oxygen atoms in total.